The molecule has 0 fully saturated rings. The maximum Gasteiger partial charge on any atom is 0.418 e. The summed E-state index contributed by atoms with van der Waals surface area (Å²) in [5, 5.41) is 3.20. The summed E-state index contributed by atoms with van der Waals surface area (Å²) in [6.07, 6.45) is -1.88. The zero-order chi connectivity index (χ0) is 27.4. The normalized spacial score (nSPS) is 11.4. The number of hydrogen-bond donors (Lipinski definition) is 2. The van der Waals surface area contributed by atoms with Crippen molar-refractivity contribution < 1.29 is 27.5 Å². The van der Waals surface area contributed by atoms with Gasteiger partial charge in [-0.15, -0.1) is 0 Å². The van der Waals surface area contributed by atoms with Crippen molar-refractivity contribution in [2.45, 2.75) is 26.4 Å². The van der Waals surface area contributed by atoms with Crippen LogP contribution >= 0.6 is 0 Å². The molecule has 0 bridgehead atoms. The Morgan fingerprint density at radius 1 is 1.05 bits per heavy atom. The minimum absolute atomic E-state index is 0.0237. The molecule has 4 rings (SSSR count). The molecule has 2 amide bonds. The lowest BCUT2D eigenvalue weighted by molar-refractivity contribution is -0.137. The maximum absolute atomic E-state index is 13.8. The van der Waals surface area contributed by atoms with Gasteiger partial charge in [-0.1, -0.05) is 0 Å². The summed E-state index contributed by atoms with van der Waals surface area (Å²) in [7, 11) is 0. The standard InChI is InChI=1S/C26H25F3N6O3/c1-3-34(4-2)22-7-5-17(12-20(22)26(27,28)29)33-25(37)35-10-9-16-11-19(6-8-21(16)35)38-24-14-18(13-23(30)36)31-15-32-24/h5-12,14-15H,3-4,13H2,1-2H3,(H2,30,36)(H,33,37). The number of nitrogens with zero attached hydrogens (tertiary/aromatic N) is 4. The van der Waals surface area contributed by atoms with E-state index in [0.29, 0.717) is 35.4 Å². The number of alkyl halides is 3. The van der Waals surface area contributed by atoms with Gasteiger partial charge in [0.15, 0.2) is 0 Å². The molecule has 12 heteroatoms. The molecule has 2 heterocycles. The van der Waals surface area contributed by atoms with E-state index in [2.05, 4.69) is 15.3 Å². The summed E-state index contributed by atoms with van der Waals surface area (Å²) in [5.74, 6) is 0.0905. The second-order valence-electron chi connectivity index (χ2n) is 8.33. The molecule has 2 aromatic heterocycles. The van der Waals surface area contributed by atoms with E-state index in [0.717, 1.165) is 6.07 Å². The van der Waals surface area contributed by atoms with Gasteiger partial charge in [-0.05, 0) is 56.3 Å². The predicted octanol–water partition coefficient (Wildman–Crippen LogP) is 5.20. The van der Waals surface area contributed by atoms with Crippen molar-refractivity contribution >= 4 is 34.2 Å². The number of ether oxygens (including phenoxy) is 1. The van der Waals surface area contributed by atoms with Crippen LogP contribution in [0.15, 0.2) is 61.1 Å². The largest absolute Gasteiger partial charge is 0.439 e. The fraction of sp³-hybridized carbons (Fsp3) is 0.231. The van der Waals surface area contributed by atoms with Crippen molar-refractivity contribution in [3.05, 3.63) is 72.3 Å². The molecule has 2 aromatic carbocycles. The SMILES string of the molecule is CCN(CC)c1ccc(NC(=O)n2ccc3cc(Oc4cc(CC(N)=O)ncn4)ccc32)cc1C(F)(F)F. The molecular weight excluding hydrogens is 501 g/mol. The number of amides is 2. The zero-order valence-electron chi connectivity index (χ0n) is 20.6. The summed E-state index contributed by atoms with van der Waals surface area (Å²) in [6.45, 7) is 4.39. The molecule has 38 heavy (non-hydrogen) atoms. The van der Waals surface area contributed by atoms with Crippen LogP contribution in [0.3, 0.4) is 0 Å². The van der Waals surface area contributed by atoms with E-state index in [-0.39, 0.29) is 23.7 Å². The second-order valence-corrected chi connectivity index (χ2v) is 8.33. The van der Waals surface area contributed by atoms with E-state index in [1.165, 1.54) is 35.3 Å². The monoisotopic (exact) mass is 526 g/mol. The molecule has 0 aliphatic heterocycles. The highest BCUT2D eigenvalue weighted by atomic mass is 19.4. The highest BCUT2D eigenvalue weighted by Gasteiger charge is 2.35. The number of benzene rings is 2. The van der Waals surface area contributed by atoms with Gasteiger partial charge in [0.1, 0.15) is 12.1 Å². The van der Waals surface area contributed by atoms with E-state index < -0.39 is 23.7 Å². The third-order valence-corrected chi connectivity index (χ3v) is 5.81. The Bertz CT molecular complexity index is 1480. The van der Waals surface area contributed by atoms with E-state index in [9.17, 15) is 22.8 Å². The topological polar surface area (TPSA) is 115 Å². The van der Waals surface area contributed by atoms with Crippen LogP contribution in [0.2, 0.25) is 0 Å². The number of nitrogens with two attached hydrogens (primary N) is 1. The Morgan fingerprint density at radius 2 is 1.82 bits per heavy atom. The smallest absolute Gasteiger partial charge is 0.418 e. The molecule has 0 saturated carbocycles. The highest BCUT2D eigenvalue weighted by Crippen LogP contribution is 2.38. The van der Waals surface area contributed by atoms with Crippen LogP contribution < -0.4 is 20.7 Å². The van der Waals surface area contributed by atoms with E-state index in [1.54, 1.807) is 43.0 Å². The molecule has 0 atom stereocenters. The van der Waals surface area contributed by atoms with Crippen LogP contribution in [-0.4, -0.2) is 39.6 Å². The fourth-order valence-electron chi connectivity index (χ4n) is 4.05. The molecule has 3 N–H and O–H groups in total. The number of carbonyl (C=O) groups excluding carboxylic acids is 2. The van der Waals surface area contributed by atoms with Gasteiger partial charge in [-0.2, -0.15) is 13.2 Å². The van der Waals surface area contributed by atoms with Crippen molar-refractivity contribution in [3.63, 3.8) is 0 Å². The molecule has 198 valence electrons. The third kappa shape index (κ3) is 5.85. The lowest BCUT2D eigenvalue weighted by atomic mass is 10.1. The lowest BCUT2D eigenvalue weighted by Crippen LogP contribution is -2.25. The fourth-order valence-corrected chi connectivity index (χ4v) is 4.05. The van der Waals surface area contributed by atoms with Gasteiger partial charge in [-0.3, -0.25) is 9.36 Å². The van der Waals surface area contributed by atoms with Gasteiger partial charge in [0.2, 0.25) is 11.8 Å². The Kier molecular flexibility index (Phi) is 7.51. The molecule has 0 aliphatic rings. The number of hydrogen-bond acceptors (Lipinski definition) is 6. The third-order valence-electron chi connectivity index (χ3n) is 5.81. The van der Waals surface area contributed by atoms with Crippen LogP contribution in [0.25, 0.3) is 10.9 Å². The highest BCUT2D eigenvalue weighted by molar-refractivity contribution is 5.99. The maximum atomic E-state index is 13.8. The quantitative estimate of drug-likeness (QED) is 0.326. The van der Waals surface area contributed by atoms with Gasteiger partial charge in [0, 0.05) is 42.1 Å². The van der Waals surface area contributed by atoms with Crippen molar-refractivity contribution in [2.75, 3.05) is 23.3 Å². The van der Waals surface area contributed by atoms with Crippen molar-refractivity contribution in [2.24, 2.45) is 5.73 Å². The number of halogens is 3. The number of nitrogens with one attached hydrogen (secondary N) is 1. The van der Waals surface area contributed by atoms with Gasteiger partial charge in [0.25, 0.3) is 0 Å². The van der Waals surface area contributed by atoms with E-state index in [4.69, 9.17) is 10.5 Å². The van der Waals surface area contributed by atoms with Gasteiger partial charge < -0.3 is 20.7 Å². The summed E-state index contributed by atoms with van der Waals surface area (Å²) in [4.78, 5) is 33.7. The van der Waals surface area contributed by atoms with Crippen LogP contribution in [0, 0.1) is 0 Å². The Balaban J connectivity index is 1.55. The molecule has 0 radical (unpaired) electrons. The van der Waals surface area contributed by atoms with Gasteiger partial charge in [0.05, 0.1) is 23.2 Å². The van der Waals surface area contributed by atoms with E-state index in [1.807, 2.05) is 0 Å². The first-order chi connectivity index (χ1) is 18.1. The molecule has 0 aliphatic carbocycles. The summed E-state index contributed by atoms with van der Waals surface area (Å²) < 4.78 is 48.3. The average molecular weight is 527 g/mol. The van der Waals surface area contributed by atoms with E-state index >= 15 is 0 Å². The van der Waals surface area contributed by atoms with Crippen molar-refractivity contribution in [1.29, 1.82) is 0 Å². The first-order valence-electron chi connectivity index (χ1n) is 11.7. The van der Waals surface area contributed by atoms with Crippen LogP contribution in [0.5, 0.6) is 11.6 Å². The van der Waals surface area contributed by atoms with Gasteiger partial charge >= 0.3 is 12.2 Å². The Morgan fingerprint density at radius 3 is 2.50 bits per heavy atom. The minimum atomic E-state index is -4.58. The first-order valence-corrected chi connectivity index (χ1v) is 11.7. The minimum Gasteiger partial charge on any atom is -0.439 e. The molecule has 9 nitrogen and oxygen atoms in total. The second kappa shape index (κ2) is 10.8. The number of fused-ring (bicyclic) bond motifs is 1. The lowest BCUT2D eigenvalue weighted by Gasteiger charge is -2.25. The molecule has 0 unspecified atom stereocenters. The van der Waals surface area contributed by atoms with Crippen LogP contribution in [0.4, 0.5) is 29.3 Å². The summed E-state index contributed by atoms with van der Waals surface area (Å²) >= 11 is 0. The van der Waals surface area contributed by atoms with Crippen molar-refractivity contribution in [1.82, 2.24) is 14.5 Å². The van der Waals surface area contributed by atoms with Crippen LogP contribution in [0.1, 0.15) is 25.1 Å². The number of anilines is 2. The zero-order valence-corrected chi connectivity index (χ0v) is 20.6. The van der Waals surface area contributed by atoms with Crippen LogP contribution in [-0.2, 0) is 17.4 Å². The number of carbonyl (C=O) groups is 2. The number of primary amides is 1. The molecule has 0 spiro atoms. The van der Waals surface area contributed by atoms with Gasteiger partial charge in [-0.25, -0.2) is 14.8 Å². The molecule has 4 aromatic rings. The summed E-state index contributed by atoms with van der Waals surface area (Å²) in [5.41, 5.74) is 5.38. The van der Waals surface area contributed by atoms with Crippen molar-refractivity contribution in [3.8, 4) is 11.6 Å². The number of aromatic nitrogens is 3. The predicted molar refractivity (Wildman–Crippen MR) is 136 cm³/mol. The Labute approximate surface area is 216 Å². The average Bonchev–Trinajstić information content (AvgIpc) is 3.28. The number of rotatable bonds is 8. The first kappa shape index (κ1) is 26.5. The molecule has 0 saturated heterocycles. The molecular formula is C26H25F3N6O3. The summed E-state index contributed by atoms with van der Waals surface area (Å²) in [6, 6.07) is 11.2. The Hall–Kier alpha value is -4.61.